The average Bonchev–Trinajstić information content (AvgIpc) is 3.38. The number of hydrogen-bond donors (Lipinski definition) is 1. The topological polar surface area (TPSA) is 45.2 Å². The van der Waals surface area contributed by atoms with Gasteiger partial charge in [-0.1, -0.05) is 24.3 Å². The van der Waals surface area contributed by atoms with E-state index in [9.17, 15) is 4.79 Å². The number of thiophene rings is 1. The summed E-state index contributed by atoms with van der Waals surface area (Å²) >= 11 is 1.64. The van der Waals surface area contributed by atoms with Crippen LogP contribution in [0, 0.1) is 0 Å². The molecule has 1 aromatic carbocycles. The second-order valence-electron chi connectivity index (χ2n) is 6.85. The first-order valence-electron chi connectivity index (χ1n) is 9.18. The van der Waals surface area contributed by atoms with E-state index in [-0.39, 0.29) is 5.91 Å². The Kier molecular flexibility index (Phi) is 5.00. The highest BCUT2D eigenvalue weighted by Crippen LogP contribution is 2.27. The second kappa shape index (κ2) is 7.56. The largest absolute Gasteiger partial charge is 0.350 e. The van der Waals surface area contributed by atoms with Crippen LogP contribution in [0.3, 0.4) is 0 Å². The number of nitrogens with zero attached hydrogens (tertiary/aromatic N) is 2. The van der Waals surface area contributed by atoms with E-state index in [0.717, 1.165) is 34.6 Å². The van der Waals surface area contributed by atoms with Gasteiger partial charge in [0.05, 0.1) is 21.7 Å². The van der Waals surface area contributed by atoms with Gasteiger partial charge in [-0.3, -0.25) is 9.69 Å². The van der Waals surface area contributed by atoms with Crippen molar-refractivity contribution in [3.63, 3.8) is 0 Å². The van der Waals surface area contributed by atoms with Gasteiger partial charge >= 0.3 is 0 Å². The van der Waals surface area contributed by atoms with Crippen LogP contribution in [-0.2, 0) is 0 Å². The van der Waals surface area contributed by atoms with Crippen molar-refractivity contribution < 1.29 is 4.79 Å². The van der Waals surface area contributed by atoms with Gasteiger partial charge in [0.25, 0.3) is 5.91 Å². The molecule has 1 amide bonds. The highest BCUT2D eigenvalue weighted by atomic mass is 32.1. The van der Waals surface area contributed by atoms with Crippen LogP contribution >= 0.6 is 11.3 Å². The summed E-state index contributed by atoms with van der Waals surface area (Å²) < 4.78 is 0. The van der Waals surface area contributed by atoms with Crippen molar-refractivity contribution in [2.45, 2.75) is 25.8 Å². The highest BCUT2D eigenvalue weighted by Gasteiger charge is 2.20. The number of likely N-dealkylation sites (tertiary alicyclic amines) is 1. The molecule has 0 aliphatic carbocycles. The summed E-state index contributed by atoms with van der Waals surface area (Å²) in [5, 5.41) is 6.07. The van der Waals surface area contributed by atoms with E-state index in [2.05, 4.69) is 17.1 Å². The van der Waals surface area contributed by atoms with E-state index in [0.29, 0.717) is 18.2 Å². The van der Waals surface area contributed by atoms with Crippen LogP contribution < -0.4 is 5.32 Å². The van der Waals surface area contributed by atoms with E-state index < -0.39 is 0 Å². The molecule has 134 valence electrons. The van der Waals surface area contributed by atoms with Crippen molar-refractivity contribution in [2.75, 3.05) is 19.6 Å². The molecule has 0 radical (unpaired) electrons. The number of carbonyl (C=O) groups is 1. The van der Waals surface area contributed by atoms with Crippen molar-refractivity contribution in [1.82, 2.24) is 15.2 Å². The Balaban J connectivity index is 1.60. The zero-order valence-corrected chi connectivity index (χ0v) is 15.8. The van der Waals surface area contributed by atoms with Crippen LogP contribution in [0.4, 0.5) is 0 Å². The highest BCUT2D eigenvalue weighted by molar-refractivity contribution is 7.13. The third kappa shape index (κ3) is 3.50. The molecule has 1 atom stereocenters. The van der Waals surface area contributed by atoms with Gasteiger partial charge in [0.15, 0.2) is 0 Å². The number of hydrogen-bond acceptors (Lipinski definition) is 4. The molecule has 26 heavy (non-hydrogen) atoms. The first-order chi connectivity index (χ1) is 12.7. The van der Waals surface area contributed by atoms with Gasteiger partial charge in [0.1, 0.15) is 0 Å². The molecule has 0 saturated carbocycles. The number of rotatable bonds is 5. The maximum absolute atomic E-state index is 12.9. The molecule has 0 bridgehead atoms. The zero-order valence-electron chi connectivity index (χ0n) is 14.9. The molecule has 1 unspecified atom stereocenters. The van der Waals surface area contributed by atoms with Crippen molar-refractivity contribution in [3.05, 3.63) is 53.4 Å². The molecule has 4 rings (SSSR count). The monoisotopic (exact) mass is 365 g/mol. The normalized spacial score (nSPS) is 16.0. The Morgan fingerprint density at radius 1 is 1.23 bits per heavy atom. The smallest absolute Gasteiger partial charge is 0.252 e. The molecule has 1 aliphatic rings. The summed E-state index contributed by atoms with van der Waals surface area (Å²) in [6.07, 6.45) is 2.52. The lowest BCUT2D eigenvalue weighted by Crippen LogP contribution is -2.40. The Bertz CT molecular complexity index is 901. The fraction of sp³-hybridized carbons (Fsp3) is 0.333. The van der Waals surface area contributed by atoms with Crippen LogP contribution in [0.5, 0.6) is 0 Å². The van der Waals surface area contributed by atoms with Gasteiger partial charge in [0.2, 0.25) is 0 Å². The van der Waals surface area contributed by atoms with E-state index in [1.165, 1.54) is 12.8 Å². The van der Waals surface area contributed by atoms with E-state index in [1.807, 2.05) is 47.8 Å². The van der Waals surface area contributed by atoms with Gasteiger partial charge in [-0.2, -0.15) is 0 Å². The Hall–Kier alpha value is -2.24. The molecular formula is C21H23N3OS. The summed E-state index contributed by atoms with van der Waals surface area (Å²) in [5.41, 5.74) is 2.42. The fourth-order valence-electron chi connectivity index (χ4n) is 3.56. The predicted molar refractivity (Wildman–Crippen MR) is 108 cm³/mol. The SMILES string of the molecule is CC(CNC(=O)c1cc(-c2cccs2)nc2ccccc12)N1CCCC1. The van der Waals surface area contributed by atoms with Crippen LogP contribution in [0.15, 0.2) is 47.8 Å². The first kappa shape index (κ1) is 17.2. The number of para-hydroxylation sites is 1. The number of amides is 1. The maximum atomic E-state index is 12.9. The summed E-state index contributed by atoms with van der Waals surface area (Å²) in [6.45, 7) is 5.13. The minimum absolute atomic E-state index is 0.0209. The number of aromatic nitrogens is 1. The fourth-order valence-corrected chi connectivity index (χ4v) is 4.25. The lowest BCUT2D eigenvalue weighted by atomic mass is 10.1. The predicted octanol–water partition coefficient (Wildman–Crippen LogP) is 4.18. The second-order valence-corrected chi connectivity index (χ2v) is 7.80. The Morgan fingerprint density at radius 2 is 2.04 bits per heavy atom. The average molecular weight is 366 g/mol. The summed E-state index contributed by atoms with van der Waals surface area (Å²) in [6, 6.07) is 14.2. The van der Waals surface area contributed by atoms with Gasteiger partial charge < -0.3 is 5.32 Å². The molecule has 3 aromatic rings. The Labute approximate surface area is 157 Å². The van der Waals surface area contributed by atoms with Gasteiger partial charge in [-0.15, -0.1) is 11.3 Å². The van der Waals surface area contributed by atoms with Crippen molar-refractivity contribution >= 4 is 28.1 Å². The lowest BCUT2D eigenvalue weighted by molar-refractivity contribution is 0.0942. The van der Waals surface area contributed by atoms with E-state index in [4.69, 9.17) is 4.98 Å². The molecule has 2 aromatic heterocycles. The third-order valence-electron chi connectivity index (χ3n) is 5.06. The number of pyridine rings is 1. The first-order valence-corrected chi connectivity index (χ1v) is 10.1. The molecule has 1 fully saturated rings. The van der Waals surface area contributed by atoms with Crippen LogP contribution in [0.1, 0.15) is 30.1 Å². The Morgan fingerprint density at radius 3 is 2.81 bits per heavy atom. The number of benzene rings is 1. The summed E-state index contributed by atoms with van der Waals surface area (Å²) in [5.74, 6) is -0.0209. The molecule has 1 N–H and O–H groups in total. The van der Waals surface area contributed by atoms with Crippen LogP contribution in [0.2, 0.25) is 0 Å². The molecule has 1 aliphatic heterocycles. The molecule has 1 saturated heterocycles. The van der Waals surface area contributed by atoms with E-state index in [1.54, 1.807) is 11.3 Å². The molecule has 4 nitrogen and oxygen atoms in total. The van der Waals surface area contributed by atoms with Crippen LogP contribution in [-0.4, -0.2) is 41.5 Å². The minimum atomic E-state index is -0.0209. The lowest BCUT2D eigenvalue weighted by Gasteiger charge is -2.24. The minimum Gasteiger partial charge on any atom is -0.350 e. The van der Waals surface area contributed by atoms with Crippen molar-refractivity contribution in [1.29, 1.82) is 0 Å². The third-order valence-corrected chi connectivity index (χ3v) is 5.95. The molecular weight excluding hydrogens is 342 g/mol. The van der Waals surface area contributed by atoms with Crippen molar-refractivity contribution in [3.8, 4) is 10.6 Å². The zero-order chi connectivity index (χ0) is 17.9. The van der Waals surface area contributed by atoms with Crippen LogP contribution in [0.25, 0.3) is 21.5 Å². The summed E-state index contributed by atoms with van der Waals surface area (Å²) in [7, 11) is 0. The molecule has 5 heteroatoms. The maximum Gasteiger partial charge on any atom is 0.252 e. The molecule has 0 spiro atoms. The number of nitrogens with one attached hydrogen (secondary N) is 1. The standard InChI is InChI=1S/C21H23N3OS/c1-15(24-10-4-5-11-24)14-22-21(25)17-13-19(20-9-6-12-26-20)23-18-8-3-2-7-16(17)18/h2-3,6-9,12-13,15H,4-5,10-11,14H2,1H3,(H,22,25). The quantitative estimate of drug-likeness (QED) is 0.738. The van der Waals surface area contributed by atoms with Gasteiger partial charge in [-0.05, 0) is 56.4 Å². The number of fused-ring (bicyclic) bond motifs is 1. The molecule has 3 heterocycles. The summed E-state index contributed by atoms with van der Waals surface area (Å²) in [4.78, 5) is 21.2. The van der Waals surface area contributed by atoms with Gasteiger partial charge in [0, 0.05) is 18.0 Å². The van der Waals surface area contributed by atoms with Crippen molar-refractivity contribution in [2.24, 2.45) is 0 Å². The van der Waals surface area contributed by atoms with E-state index >= 15 is 0 Å². The van der Waals surface area contributed by atoms with Gasteiger partial charge in [-0.25, -0.2) is 4.98 Å². The number of carbonyl (C=O) groups excluding carboxylic acids is 1.